The minimum Gasteiger partial charge on any atom is -0.355 e. The summed E-state index contributed by atoms with van der Waals surface area (Å²) in [5, 5.41) is 14.6. The summed E-state index contributed by atoms with van der Waals surface area (Å²) in [6.45, 7) is 1.20. The van der Waals surface area contributed by atoms with Gasteiger partial charge >= 0.3 is 0 Å². The van der Waals surface area contributed by atoms with Gasteiger partial charge in [-0.3, -0.25) is 24.0 Å². The molecule has 0 spiro atoms. The Morgan fingerprint density at radius 2 is 1.78 bits per heavy atom. The number of hydrogen-bond acceptors (Lipinski definition) is 5. The van der Waals surface area contributed by atoms with Crippen LogP contribution in [0.4, 0.5) is 0 Å². The van der Waals surface area contributed by atoms with Gasteiger partial charge in [0.25, 0.3) is 0 Å². The number of rotatable bonds is 6. The molecular formula is C22H26IN7O2. The van der Waals surface area contributed by atoms with E-state index in [1.165, 1.54) is 4.90 Å². The molecule has 1 aromatic heterocycles. The maximum absolute atomic E-state index is 12.8. The van der Waals surface area contributed by atoms with Crippen molar-refractivity contribution in [1.82, 2.24) is 30.3 Å². The molecule has 2 fully saturated rings. The number of nitrogens with one attached hydrogen (secondary N) is 2. The van der Waals surface area contributed by atoms with E-state index >= 15 is 0 Å². The molecule has 2 aromatic rings. The number of halogens is 1. The van der Waals surface area contributed by atoms with Gasteiger partial charge in [-0.1, -0.05) is 30.4 Å². The number of likely N-dealkylation sites (tertiary alicyclic amines) is 1. The van der Waals surface area contributed by atoms with Gasteiger partial charge in [-0.25, -0.2) is 0 Å². The molecule has 4 unspecified atom stereocenters. The summed E-state index contributed by atoms with van der Waals surface area (Å²) in [6, 6.07) is 9.86. The lowest BCUT2D eigenvalue weighted by Crippen LogP contribution is -2.43. The van der Waals surface area contributed by atoms with Crippen LogP contribution >= 0.6 is 24.0 Å². The van der Waals surface area contributed by atoms with E-state index in [9.17, 15) is 9.59 Å². The molecule has 2 aliphatic carbocycles. The quantitative estimate of drug-likeness (QED) is 0.186. The van der Waals surface area contributed by atoms with E-state index in [0.717, 1.165) is 17.9 Å². The van der Waals surface area contributed by atoms with Crippen LogP contribution in [-0.2, 0) is 16.1 Å². The summed E-state index contributed by atoms with van der Waals surface area (Å²) in [7, 11) is 1.68. The van der Waals surface area contributed by atoms with Crippen molar-refractivity contribution in [3.8, 4) is 5.69 Å². The minimum atomic E-state index is -0.149. The fraction of sp³-hybridized carbons (Fsp3) is 0.409. The van der Waals surface area contributed by atoms with Crippen molar-refractivity contribution in [3.63, 3.8) is 0 Å². The first-order valence-electron chi connectivity index (χ1n) is 10.6. The number of imide groups is 1. The number of nitrogens with zero attached hydrogens (tertiary/aromatic N) is 5. The Hall–Kier alpha value is -2.76. The van der Waals surface area contributed by atoms with Gasteiger partial charge in [-0.2, -0.15) is 0 Å². The predicted octanol–water partition coefficient (Wildman–Crippen LogP) is 1.36. The molecule has 1 aromatic carbocycles. The van der Waals surface area contributed by atoms with Crippen molar-refractivity contribution in [1.29, 1.82) is 0 Å². The molecule has 3 aliphatic rings. The third-order valence-corrected chi connectivity index (χ3v) is 6.48. The van der Waals surface area contributed by atoms with Gasteiger partial charge in [0.2, 0.25) is 11.8 Å². The second kappa shape index (κ2) is 9.39. The molecule has 32 heavy (non-hydrogen) atoms. The van der Waals surface area contributed by atoms with Crippen LogP contribution < -0.4 is 10.6 Å². The SMILES string of the molecule is CN=C(NCCN1C(=O)C2C3C=CC(C3)C2C1=O)NCc1nncn1-c1ccccc1.I. The molecule has 1 saturated heterocycles. The van der Waals surface area contributed by atoms with Crippen LogP contribution in [-0.4, -0.2) is 57.6 Å². The first kappa shape index (κ1) is 22.4. The molecule has 5 rings (SSSR count). The third kappa shape index (κ3) is 3.91. The van der Waals surface area contributed by atoms with Crippen LogP contribution in [0.15, 0.2) is 53.8 Å². The van der Waals surface area contributed by atoms with E-state index in [2.05, 4.69) is 38.0 Å². The lowest BCUT2D eigenvalue weighted by Gasteiger charge is -2.18. The summed E-state index contributed by atoms with van der Waals surface area (Å²) in [4.78, 5) is 31.2. The third-order valence-electron chi connectivity index (χ3n) is 6.48. The highest BCUT2D eigenvalue weighted by molar-refractivity contribution is 14.0. The standard InChI is InChI=1S/C22H25N7O2.HI/c1-23-22(25-12-17-27-26-13-29(17)16-5-3-2-4-6-16)24-9-10-28-20(30)18-14-7-8-15(11-14)19(18)21(28)31;/h2-8,13-15,18-19H,9-12H2,1H3,(H2,23,24,25);1H. The molecule has 1 saturated carbocycles. The lowest BCUT2D eigenvalue weighted by molar-refractivity contribution is -0.140. The monoisotopic (exact) mass is 547 g/mol. The molecule has 2 amide bonds. The fourth-order valence-electron chi connectivity index (χ4n) is 5.04. The zero-order chi connectivity index (χ0) is 21.4. The highest BCUT2D eigenvalue weighted by Gasteiger charge is 2.58. The molecule has 9 nitrogen and oxygen atoms in total. The molecule has 4 atom stereocenters. The number of amides is 2. The van der Waals surface area contributed by atoms with E-state index in [1.54, 1.807) is 13.4 Å². The van der Waals surface area contributed by atoms with E-state index in [0.29, 0.717) is 25.6 Å². The van der Waals surface area contributed by atoms with Crippen LogP contribution in [0.5, 0.6) is 0 Å². The summed E-state index contributed by atoms with van der Waals surface area (Å²) >= 11 is 0. The Morgan fingerprint density at radius 3 is 2.44 bits per heavy atom. The topological polar surface area (TPSA) is 105 Å². The van der Waals surface area contributed by atoms with Crippen molar-refractivity contribution in [3.05, 3.63) is 54.6 Å². The Kier molecular flexibility index (Phi) is 6.58. The average Bonchev–Trinajstić information content (AvgIpc) is 3.57. The summed E-state index contributed by atoms with van der Waals surface area (Å²) in [5.41, 5.74) is 0.979. The van der Waals surface area contributed by atoms with Crippen molar-refractivity contribution in [2.75, 3.05) is 20.1 Å². The van der Waals surface area contributed by atoms with Crippen LogP contribution in [0.2, 0.25) is 0 Å². The van der Waals surface area contributed by atoms with Gasteiger partial charge in [-0.15, -0.1) is 34.2 Å². The normalized spacial score (nSPS) is 25.8. The van der Waals surface area contributed by atoms with Crippen molar-refractivity contribution < 1.29 is 9.59 Å². The second-order valence-corrected chi connectivity index (χ2v) is 8.13. The van der Waals surface area contributed by atoms with Crippen LogP contribution in [0.3, 0.4) is 0 Å². The van der Waals surface area contributed by atoms with Gasteiger partial charge in [-0.05, 0) is 30.4 Å². The summed E-state index contributed by atoms with van der Waals surface area (Å²) in [5.74, 6) is 1.45. The van der Waals surface area contributed by atoms with Gasteiger partial charge in [0.05, 0.1) is 18.4 Å². The maximum Gasteiger partial charge on any atom is 0.233 e. The summed E-state index contributed by atoms with van der Waals surface area (Å²) < 4.78 is 1.91. The molecule has 10 heteroatoms. The molecule has 168 valence electrons. The number of benzene rings is 1. The minimum absolute atomic E-state index is 0. The highest BCUT2D eigenvalue weighted by atomic mass is 127. The van der Waals surface area contributed by atoms with Gasteiger partial charge in [0, 0.05) is 25.8 Å². The predicted molar refractivity (Wildman–Crippen MR) is 129 cm³/mol. The number of allylic oxidation sites excluding steroid dienone is 2. The Morgan fingerprint density at radius 1 is 1.09 bits per heavy atom. The first-order chi connectivity index (χ1) is 15.2. The number of para-hydroxylation sites is 1. The zero-order valence-electron chi connectivity index (χ0n) is 17.7. The van der Waals surface area contributed by atoms with E-state index in [-0.39, 0.29) is 59.5 Å². The zero-order valence-corrected chi connectivity index (χ0v) is 20.0. The first-order valence-corrected chi connectivity index (χ1v) is 10.6. The number of carbonyl (C=O) groups is 2. The largest absolute Gasteiger partial charge is 0.355 e. The number of aromatic nitrogens is 3. The molecule has 2 N–H and O–H groups in total. The number of guanidine groups is 1. The number of fused-ring (bicyclic) bond motifs is 5. The molecule has 2 heterocycles. The average molecular weight is 547 g/mol. The Bertz CT molecular complexity index is 1020. The molecule has 0 radical (unpaired) electrons. The number of aliphatic imine (C=N–C) groups is 1. The van der Waals surface area contributed by atoms with Gasteiger partial charge in [0.15, 0.2) is 11.8 Å². The van der Waals surface area contributed by atoms with E-state index < -0.39 is 0 Å². The van der Waals surface area contributed by atoms with Gasteiger partial charge in [0.1, 0.15) is 6.33 Å². The van der Waals surface area contributed by atoms with Crippen LogP contribution in [0.25, 0.3) is 5.69 Å². The Balaban J connectivity index is 0.00000245. The van der Waals surface area contributed by atoms with Crippen LogP contribution in [0, 0.1) is 23.7 Å². The summed E-state index contributed by atoms with van der Waals surface area (Å²) in [6.07, 6.45) is 6.84. The van der Waals surface area contributed by atoms with Crippen molar-refractivity contribution in [2.24, 2.45) is 28.7 Å². The van der Waals surface area contributed by atoms with E-state index in [1.807, 2.05) is 34.9 Å². The van der Waals surface area contributed by atoms with Crippen molar-refractivity contribution >= 4 is 41.8 Å². The fourth-order valence-corrected chi connectivity index (χ4v) is 5.04. The molecule has 2 bridgehead atoms. The van der Waals surface area contributed by atoms with Gasteiger partial charge < -0.3 is 10.6 Å². The van der Waals surface area contributed by atoms with Crippen molar-refractivity contribution in [2.45, 2.75) is 13.0 Å². The molecule has 1 aliphatic heterocycles. The highest BCUT2D eigenvalue weighted by Crippen LogP contribution is 2.52. The van der Waals surface area contributed by atoms with E-state index in [4.69, 9.17) is 0 Å². The van der Waals surface area contributed by atoms with Crippen LogP contribution in [0.1, 0.15) is 12.2 Å². The molecular weight excluding hydrogens is 521 g/mol. The maximum atomic E-state index is 12.8. The smallest absolute Gasteiger partial charge is 0.233 e. The Labute approximate surface area is 203 Å². The number of hydrogen-bond donors (Lipinski definition) is 2. The second-order valence-electron chi connectivity index (χ2n) is 8.13. The number of carbonyl (C=O) groups excluding carboxylic acids is 2. The lowest BCUT2D eigenvalue weighted by atomic mass is 9.85.